The van der Waals surface area contributed by atoms with Crippen LogP contribution in [0.1, 0.15) is 43.1 Å². The number of aromatic nitrogens is 2. The molecule has 1 fully saturated rings. The number of anilines is 1. The van der Waals surface area contributed by atoms with Crippen LogP contribution in [-0.2, 0) is 4.79 Å². The van der Waals surface area contributed by atoms with E-state index in [0.717, 1.165) is 24.2 Å². The van der Waals surface area contributed by atoms with Crippen molar-refractivity contribution in [3.05, 3.63) is 72.8 Å². The van der Waals surface area contributed by atoms with Crippen molar-refractivity contribution in [2.24, 2.45) is 0 Å². The minimum atomic E-state index is -0.279. The molecule has 182 valence electrons. The van der Waals surface area contributed by atoms with Crippen LogP contribution in [0, 0.1) is 0 Å². The van der Waals surface area contributed by atoms with Gasteiger partial charge in [-0.15, -0.1) is 0 Å². The lowest BCUT2D eigenvalue weighted by Gasteiger charge is -2.32. The summed E-state index contributed by atoms with van der Waals surface area (Å²) in [6.07, 6.45) is 2.94. The molecule has 1 aromatic heterocycles. The number of benzene rings is 2. The molecular weight excluding hydrogens is 442 g/mol. The van der Waals surface area contributed by atoms with E-state index in [-0.39, 0.29) is 23.9 Å². The van der Waals surface area contributed by atoms with Crippen molar-refractivity contribution in [3.63, 3.8) is 0 Å². The molecule has 3 N–H and O–H groups in total. The smallest absolute Gasteiger partial charge is 0.257 e. The molecule has 0 radical (unpaired) electrons. The van der Waals surface area contributed by atoms with E-state index in [1.54, 1.807) is 9.58 Å². The van der Waals surface area contributed by atoms with Gasteiger partial charge >= 0.3 is 0 Å². The van der Waals surface area contributed by atoms with E-state index in [2.05, 4.69) is 11.9 Å². The number of nitrogens with two attached hydrogens (primary N) is 1. The second-order valence-corrected chi connectivity index (χ2v) is 8.91. The summed E-state index contributed by atoms with van der Waals surface area (Å²) in [5.41, 5.74) is 8.11. The number of likely N-dealkylation sites (tertiary alicyclic amines) is 1. The number of carbonyl (C=O) groups is 2. The third-order valence-corrected chi connectivity index (χ3v) is 5.93. The van der Waals surface area contributed by atoms with Crippen LogP contribution in [0.25, 0.3) is 11.3 Å². The molecule has 8 nitrogen and oxygen atoms in total. The van der Waals surface area contributed by atoms with Gasteiger partial charge in [-0.05, 0) is 69.2 Å². The van der Waals surface area contributed by atoms with E-state index in [1.807, 2.05) is 68.4 Å². The number of hydrogen-bond donors (Lipinski definition) is 2. The molecule has 1 aliphatic rings. The number of nitrogens with one attached hydrogen (secondary N) is 1. The van der Waals surface area contributed by atoms with Crippen molar-refractivity contribution in [1.82, 2.24) is 20.0 Å². The van der Waals surface area contributed by atoms with Gasteiger partial charge in [0.15, 0.2) is 0 Å². The maximum atomic E-state index is 13.1. The van der Waals surface area contributed by atoms with E-state index in [1.165, 1.54) is 6.08 Å². The SMILES string of the molecule is C=CC(=O)N1CCC[C@@H](n2nc(-c3ccc(Oc4ccccc4)cc3)c(C(=O)NC(C)C)c2N)C1. The highest BCUT2D eigenvalue weighted by Crippen LogP contribution is 2.33. The second-order valence-electron chi connectivity index (χ2n) is 8.91. The summed E-state index contributed by atoms with van der Waals surface area (Å²) in [6.45, 7) is 8.51. The first-order valence-electron chi connectivity index (χ1n) is 11.8. The molecule has 35 heavy (non-hydrogen) atoms. The maximum Gasteiger partial charge on any atom is 0.257 e. The van der Waals surface area contributed by atoms with Gasteiger partial charge in [0.25, 0.3) is 5.91 Å². The van der Waals surface area contributed by atoms with E-state index in [9.17, 15) is 9.59 Å². The van der Waals surface area contributed by atoms with E-state index < -0.39 is 0 Å². The van der Waals surface area contributed by atoms with E-state index in [0.29, 0.717) is 35.9 Å². The first-order valence-corrected chi connectivity index (χ1v) is 11.8. The Kier molecular flexibility index (Phi) is 7.19. The summed E-state index contributed by atoms with van der Waals surface area (Å²) < 4.78 is 7.59. The maximum absolute atomic E-state index is 13.1. The van der Waals surface area contributed by atoms with Crippen molar-refractivity contribution in [2.75, 3.05) is 18.8 Å². The summed E-state index contributed by atoms with van der Waals surface area (Å²) in [6, 6.07) is 16.7. The lowest BCUT2D eigenvalue weighted by Crippen LogP contribution is -2.40. The predicted molar refractivity (Wildman–Crippen MR) is 136 cm³/mol. The molecule has 3 aromatic rings. The van der Waals surface area contributed by atoms with Crippen LogP contribution in [-0.4, -0.2) is 45.6 Å². The number of amides is 2. The molecule has 4 rings (SSSR count). The van der Waals surface area contributed by atoms with Gasteiger partial charge in [0, 0.05) is 24.7 Å². The number of carbonyl (C=O) groups excluding carboxylic acids is 2. The van der Waals surface area contributed by atoms with Gasteiger partial charge in [-0.3, -0.25) is 9.59 Å². The minimum Gasteiger partial charge on any atom is -0.457 e. The summed E-state index contributed by atoms with van der Waals surface area (Å²) in [5.74, 6) is 1.30. The fourth-order valence-electron chi connectivity index (χ4n) is 4.28. The number of piperidine rings is 1. The number of hydrogen-bond acceptors (Lipinski definition) is 5. The quantitative estimate of drug-likeness (QED) is 0.495. The Labute approximate surface area is 205 Å². The fourth-order valence-corrected chi connectivity index (χ4v) is 4.28. The molecule has 8 heteroatoms. The topological polar surface area (TPSA) is 102 Å². The van der Waals surface area contributed by atoms with Gasteiger partial charge in [0.2, 0.25) is 5.91 Å². The van der Waals surface area contributed by atoms with Crippen LogP contribution in [0.2, 0.25) is 0 Å². The van der Waals surface area contributed by atoms with Crippen molar-refractivity contribution in [2.45, 2.75) is 38.8 Å². The number of nitrogen functional groups attached to an aromatic ring is 1. The third kappa shape index (κ3) is 5.37. The number of para-hydroxylation sites is 1. The summed E-state index contributed by atoms with van der Waals surface area (Å²) in [4.78, 5) is 27.1. The summed E-state index contributed by atoms with van der Waals surface area (Å²) in [7, 11) is 0. The standard InChI is InChI=1S/C27H31N5O3/c1-4-23(33)31-16-8-9-20(17-31)32-26(28)24(27(34)29-18(2)3)25(30-32)19-12-14-22(15-13-19)35-21-10-6-5-7-11-21/h4-7,10-15,18,20H,1,8-9,16-17,28H2,2-3H3,(H,29,34)/t20-/m1/s1. The van der Waals surface area contributed by atoms with Crippen molar-refractivity contribution < 1.29 is 14.3 Å². The zero-order chi connectivity index (χ0) is 24.9. The Morgan fingerprint density at radius 1 is 1.14 bits per heavy atom. The Morgan fingerprint density at radius 2 is 1.83 bits per heavy atom. The van der Waals surface area contributed by atoms with Crippen molar-refractivity contribution >= 4 is 17.6 Å². The van der Waals surface area contributed by atoms with Crippen molar-refractivity contribution in [1.29, 1.82) is 0 Å². The fraction of sp³-hybridized carbons (Fsp3) is 0.296. The highest BCUT2D eigenvalue weighted by molar-refractivity contribution is 6.04. The molecule has 0 spiro atoms. The Morgan fingerprint density at radius 3 is 2.49 bits per heavy atom. The predicted octanol–water partition coefficient (Wildman–Crippen LogP) is 4.41. The summed E-state index contributed by atoms with van der Waals surface area (Å²) in [5, 5.41) is 7.72. The Hall–Kier alpha value is -4.07. The normalized spacial score (nSPS) is 15.6. The lowest BCUT2D eigenvalue weighted by molar-refractivity contribution is -0.127. The van der Waals surface area contributed by atoms with Crippen molar-refractivity contribution in [3.8, 4) is 22.8 Å². The molecular formula is C27H31N5O3. The number of ether oxygens (including phenoxy) is 1. The molecule has 0 bridgehead atoms. The van der Waals surface area contributed by atoms with E-state index >= 15 is 0 Å². The lowest BCUT2D eigenvalue weighted by atomic mass is 10.0. The highest BCUT2D eigenvalue weighted by atomic mass is 16.5. The molecule has 1 atom stereocenters. The van der Waals surface area contributed by atoms with Gasteiger partial charge in [-0.25, -0.2) is 4.68 Å². The van der Waals surface area contributed by atoms with Crippen LogP contribution in [0.4, 0.5) is 5.82 Å². The number of nitrogens with zero attached hydrogens (tertiary/aromatic N) is 3. The monoisotopic (exact) mass is 473 g/mol. The molecule has 2 amide bonds. The van der Waals surface area contributed by atoms with Crippen LogP contribution in [0.15, 0.2) is 67.3 Å². The first-order chi connectivity index (χ1) is 16.9. The molecule has 2 heterocycles. The molecule has 1 saturated heterocycles. The molecule has 1 aliphatic heterocycles. The third-order valence-electron chi connectivity index (χ3n) is 5.93. The van der Waals surface area contributed by atoms with Crippen LogP contribution >= 0.6 is 0 Å². The van der Waals surface area contributed by atoms with Gasteiger partial charge in [0.1, 0.15) is 28.6 Å². The first kappa shape index (κ1) is 24.1. The molecule has 0 saturated carbocycles. The summed E-state index contributed by atoms with van der Waals surface area (Å²) >= 11 is 0. The zero-order valence-corrected chi connectivity index (χ0v) is 20.1. The molecule has 2 aromatic carbocycles. The average molecular weight is 474 g/mol. The zero-order valence-electron chi connectivity index (χ0n) is 20.1. The largest absolute Gasteiger partial charge is 0.457 e. The minimum absolute atomic E-state index is 0.0601. The number of rotatable bonds is 7. The molecule has 0 aliphatic carbocycles. The second kappa shape index (κ2) is 10.5. The van der Waals surface area contributed by atoms with Crippen LogP contribution < -0.4 is 15.8 Å². The van der Waals surface area contributed by atoms with Crippen LogP contribution in [0.5, 0.6) is 11.5 Å². The van der Waals surface area contributed by atoms with Gasteiger partial charge in [-0.2, -0.15) is 5.10 Å². The van der Waals surface area contributed by atoms with Gasteiger partial charge in [0.05, 0.1) is 6.04 Å². The van der Waals surface area contributed by atoms with Gasteiger partial charge < -0.3 is 20.7 Å². The molecule has 0 unspecified atom stereocenters. The van der Waals surface area contributed by atoms with E-state index in [4.69, 9.17) is 15.6 Å². The Balaban J connectivity index is 1.68. The Bertz CT molecular complexity index is 1200. The van der Waals surface area contributed by atoms with Crippen LogP contribution in [0.3, 0.4) is 0 Å². The average Bonchev–Trinajstić information content (AvgIpc) is 3.21. The van der Waals surface area contributed by atoms with Gasteiger partial charge in [-0.1, -0.05) is 24.8 Å². The highest BCUT2D eigenvalue weighted by Gasteiger charge is 2.30.